The van der Waals surface area contributed by atoms with E-state index in [2.05, 4.69) is 5.32 Å². The van der Waals surface area contributed by atoms with Crippen LogP contribution in [0.5, 0.6) is 0 Å². The van der Waals surface area contributed by atoms with E-state index in [1.54, 1.807) is 12.1 Å². The van der Waals surface area contributed by atoms with E-state index in [4.69, 9.17) is 5.73 Å². The third kappa shape index (κ3) is 4.15. The van der Waals surface area contributed by atoms with Crippen LogP contribution in [0.4, 0.5) is 4.39 Å². The molecule has 0 fully saturated rings. The van der Waals surface area contributed by atoms with Crippen LogP contribution in [0.2, 0.25) is 0 Å². The van der Waals surface area contributed by atoms with Gasteiger partial charge in [-0.1, -0.05) is 12.1 Å². The molecule has 0 aliphatic carbocycles. The third-order valence-electron chi connectivity index (χ3n) is 2.85. The molecule has 0 saturated carbocycles. The van der Waals surface area contributed by atoms with Gasteiger partial charge in [0.05, 0.1) is 6.42 Å². The number of nitrogens with one attached hydrogen (secondary N) is 1. The van der Waals surface area contributed by atoms with Crippen LogP contribution in [0, 0.1) is 5.82 Å². The Kier molecular flexibility index (Phi) is 4.23. The minimum absolute atomic E-state index is 0.154. The fourth-order valence-corrected chi connectivity index (χ4v) is 1.35. The summed E-state index contributed by atoms with van der Waals surface area (Å²) in [6.45, 7) is 5.56. The van der Waals surface area contributed by atoms with Crippen LogP contribution in [0.1, 0.15) is 26.3 Å². The van der Waals surface area contributed by atoms with E-state index >= 15 is 0 Å². The Balaban J connectivity index is 2.62. The van der Waals surface area contributed by atoms with Gasteiger partial charge in [0.1, 0.15) is 5.82 Å². The highest BCUT2D eigenvalue weighted by Gasteiger charge is 2.24. The van der Waals surface area contributed by atoms with Gasteiger partial charge in [-0.2, -0.15) is 0 Å². The van der Waals surface area contributed by atoms with Crippen LogP contribution in [0.3, 0.4) is 0 Å². The predicted molar refractivity (Wildman–Crippen MR) is 66.0 cm³/mol. The van der Waals surface area contributed by atoms with Gasteiger partial charge < -0.3 is 11.1 Å². The van der Waals surface area contributed by atoms with Crippen LogP contribution >= 0.6 is 0 Å². The third-order valence-corrected chi connectivity index (χ3v) is 2.85. The molecule has 94 valence electrons. The number of amides is 1. The summed E-state index contributed by atoms with van der Waals surface area (Å²) < 4.78 is 12.9. The summed E-state index contributed by atoms with van der Waals surface area (Å²) in [4.78, 5) is 11.8. The van der Waals surface area contributed by atoms with Crippen molar-refractivity contribution in [3.63, 3.8) is 0 Å². The normalized spacial score (nSPS) is 13.2. The van der Waals surface area contributed by atoms with Crippen LogP contribution in [-0.2, 0) is 11.2 Å². The molecule has 3 N–H and O–H groups in total. The van der Waals surface area contributed by atoms with Crippen LogP contribution in [0.25, 0.3) is 0 Å². The van der Waals surface area contributed by atoms with Gasteiger partial charge in [0.2, 0.25) is 5.91 Å². The number of hydrogen-bond donors (Lipinski definition) is 2. The molecule has 0 bridgehead atoms. The van der Waals surface area contributed by atoms with Gasteiger partial charge in [0.25, 0.3) is 0 Å². The lowest BCUT2D eigenvalue weighted by Crippen LogP contribution is -2.54. The molecule has 4 heteroatoms. The number of benzene rings is 1. The second kappa shape index (κ2) is 5.27. The summed E-state index contributed by atoms with van der Waals surface area (Å²) in [5, 5.41) is 2.84. The number of nitrogens with two attached hydrogens (primary N) is 1. The fraction of sp³-hybridized carbons (Fsp3) is 0.462. The summed E-state index contributed by atoms with van der Waals surface area (Å²) >= 11 is 0. The molecule has 0 spiro atoms. The summed E-state index contributed by atoms with van der Waals surface area (Å²) in [6, 6.07) is 5.88. The zero-order valence-corrected chi connectivity index (χ0v) is 10.5. The maximum absolute atomic E-state index is 12.9. The van der Waals surface area contributed by atoms with Crippen molar-refractivity contribution in [3.05, 3.63) is 35.6 Å². The molecule has 1 rings (SSSR count). The molecular weight excluding hydrogens is 219 g/mol. The number of hydrogen-bond acceptors (Lipinski definition) is 2. The van der Waals surface area contributed by atoms with Crippen LogP contribution in [0.15, 0.2) is 24.3 Å². The van der Waals surface area contributed by atoms with Gasteiger partial charge in [-0.05, 0) is 38.5 Å². The first-order chi connectivity index (χ1) is 7.81. The van der Waals surface area contributed by atoms with Crippen molar-refractivity contribution in [3.8, 4) is 0 Å². The Bertz CT molecular complexity index is 402. The van der Waals surface area contributed by atoms with Gasteiger partial charge in [0.15, 0.2) is 0 Å². The largest absolute Gasteiger partial charge is 0.349 e. The monoisotopic (exact) mass is 238 g/mol. The molecule has 1 atom stereocenters. The van der Waals surface area contributed by atoms with E-state index in [1.165, 1.54) is 12.1 Å². The van der Waals surface area contributed by atoms with E-state index in [9.17, 15) is 9.18 Å². The van der Waals surface area contributed by atoms with Crippen LogP contribution in [-0.4, -0.2) is 17.5 Å². The number of rotatable bonds is 4. The molecule has 1 unspecified atom stereocenters. The quantitative estimate of drug-likeness (QED) is 0.837. The van der Waals surface area contributed by atoms with Gasteiger partial charge in [0, 0.05) is 11.6 Å². The molecule has 0 aliphatic heterocycles. The highest BCUT2D eigenvalue weighted by molar-refractivity contribution is 5.79. The molecule has 0 radical (unpaired) electrons. The first-order valence-electron chi connectivity index (χ1n) is 5.62. The van der Waals surface area contributed by atoms with Gasteiger partial charge in [-0.3, -0.25) is 4.79 Å². The zero-order chi connectivity index (χ0) is 13.1. The maximum Gasteiger partial charge on any atom is 0.224 e. The molecule has 1 aromatic rings. The fourth-order valence-electron chi connectivity index (χ4n) is 1.35. The minimum atomic E-state index is -0.468. The lowest BCUT2D eigenvalue weighted by Gasteiger charge is -2.30. The molecule has 17 heavy (non-hydrogen) atoms. The van der Waals surface area contributed by atoms with E-state index in [1.807, 2.05) is 20.8 Å². The first kappa shape index (κ1) is 13.6. The van der Waals surface area contributed by atoms with Gasteiger partial charge in [-0.25, -0.2) is 4.39 Å². The highest BCUT2D eigenvalue weighted by atomic mass is 19.1. The Morgan fingerprint density at radius 1 is 1.53 bits per heavy atom. The van der Waals surface area contributed by atoms with E-state index in [0.29, 0.717) is 5.56 Å². The number of halogens is 1. The van der Waals surface area contributed by atoms with Gasteiger partial charge >= 0.3 is 0 Å². The van der Waals surface area contributed by atoms with Crippen molar-refractivity contribution in [2.45, 2.75) is 38.8 Å². The molecule has 1 aromatic carbocycles. The second-order valence-corrected chi connectivity index (χ2v) is 4.87. The van der Waals surface area contributed by atoms with Crippen molar-refractivity contribution < 1.29 is 9.18 Å². The lowest BCUT2D eigenvalue weighted by atomic mass is 9.96. The molecule has 0 aromatic heterocycles. The Hall–Kier alpha value is -1.42. The molecule has 0 aliphatic rings. The van der Waals surface area contributed by atoms with Crippen molar-refractivity contribution in [2.75, 3.05) is 0 Å². The van der Waals surface area contributed by atoms with Crippen LogP contribution < -0.4 is 11.1 Å². The Morgan fingerprint density at radius 3 is 2.71 bits per heavy atom. The summed E-state index contributed by atoms with van der Waals surface area (Å²) in [5.74, 6) is -0.486. The number of carbonyl (C=O) groups excluding carboxylic acids is 1. The average molecular weight is 238 g/mol. The zero-order valence-electron chi connectivity index (χ0n) is 10.5. The molecule has 3 nitrogen and oxygen atoms in total. The standard InChI is InChI=1S/C13H19FN2O/c1-9(15)13(2,3)16-12(17)8-10-5-4-6-11(14)7-10/h4-7,9H,8,15H2,1-3H3,(H,16,17). The first-order valence-corrected chi connectivity index (χ1v) is 5.62. The van der Waals surface area contributed by atoms with E-state index in [-0.39, 0.29) is 24.2 Å². The van der Waals surface area contributed by atoms with Crippen molar-refractivity contribution in [1.82, 2.24) is 5.32 Å². The molecule has 0 heterocycles. The Morgan fingerprint density at radius 2 is 2.18 bits per heavy atom. The van der Waals surface area contributed by atoms with Gasteiger partial charge in [-0.15, -0.1) is 0 Å². The smallest absolute Gasteiger partial charge is 0.224 e. The lowest BCUT2D eigenvalue weighted by molar-refractivity contribution is -0.122. The Labute approximate surface area is 101 Å². The number of carbonyl (C=O) groups is 1. The summed E-state index contributed by atoms with van der Waals surface area (Å²) in [7, 11) is 0. The summed E-state index contributed by atoms with van der Waals surface area (Å²) in [5.41, 5.74) is 5.95. The topological polar surface area (TPSA) is 55.1 Å². The highest BCUT2D eigenvalue weighted by Crippen LogP contribution is 2.08. The predicted octanol–water partition coefficient (Wildman–Crippen LogP) is 1.61. The average Bonchev–Trinajstić information content (AvgIpc) is 2.15. The molecule has 1 amide bonds. The van der Waals surface area contributed by atoms with Crippen molar-refractivity contribution in [2.24, 2.45) is 5.73 Å². The maximum atomic E-state index is 12.9. The van der Waals surface area contributed by atoms with E-state index < -0.39 is 5.54 Å². The summed E-state index contributed by atoms with van der Waals surface area (Å²) in [6.07, 6.45) is 0.161. The molecular formula is C13H19FN2O. The van der Waals surface area contributed by atoms with E-state index in [0.717, 1.165) is 0 Å². The second-order valence-electron chi connectivity index (χ2n) is 4.87. The van der Waals surface area contributed by atoms with Crippen molar-refractivity contribution in [1.29, 1.82) is 0 Å². The minimum Gasteiger partial charge on any atom is -0.349 e. The molecule has 0 saturated heterocycles. The van der Waals surface area contributed by atoms with Crippen molar-refractivity contribution >= 4 is 5.91 Å². The SMILES string of the molecule is CC(N)C(C)(C)NC(=O)Cc1cccc(F)c1.